The van der Waals surface area contributed by atoms with E-state index in [4.69, 9.17) is 0 Å². The van der Waals surface area contributed by atoms with Gasteiger partial charge in [0.1, 0.15) is 4.88 Å². The number of thiophene rings is 1. The van der Waals surface area contributed by atoms with E-state index in [2.05, 4.69) is 31.1 Å². The van der Waals surface area contributed by atoms with E-state index in [1.807, 2.05) is 24.3 Å². The summed E-state index contributed by atoms with van der Waals surface area (Å²) in [6, 6.07) is 8.39. The molecule has 1 heterocycles. The fraction of sp³-hybridized carbons (Fsp3) is 0.438. The summed E-state index contributed by atoms with van der Waals surface area (Å²) in [5, 5.41) is 13.8. The first-order valence-electron chi connectivity index (χ1n) is 7.15. The van der Waals surface area contributed by atoms with Crippen LogP contribution in [-0.2, 0) is 6.54 Å². The van der Waals surface area contributed by atoms with Gasteiger partial charge in [-0.2, -0.15) is 0 Å². The van der Waals surface area contributed by atoms with Gasteiger partial charge in [-0.25, -0.2) is 4.79 Å². The standard InChI is InChI=1S/C16H22N2O2S/c1-11(2)18(3)9-8-17-10-13-12-6-4-5-7-14(12)21-15(13)16(19)20/h4-7,11,17H,8-10H2,1-3H3,(H,19,20). The summed E-state index contributed by atoms with van der Waals surface area (Å²) in [6.07, 6.45) is 0. The number of hydrogen-bond acceptors (Lipinski definition) is 4. The summed E-state index contributed by atoms with van der Waals surface area (Å²) < 4.78 is 1.03. The highest BCUT2D eigenvalue weighted by molar-refractivity contribution is 7.21. The predicted molar refractivity (Wildman–Crippen MR) is 88.3 cm³/mol. The molecule has 0 spiro atoms. The van der Waals surface area contributed by atoms with Crippen LogP contribution in [0.15, 0.2) is 24.3 Å². The maximum atomic E-state index is 11.4. The SMILES string of the molecule is CC(C)N(C)CCNCc1c(C(=O)O)sc2ccccc12. The molecule has 0 amide bonds. The third-order valence-electron chi connectivity index (χ3n) is 3.72. The van der Waals surface area contributed by atoms with E-state index in [9.17, 15) is 9.90 Å². The number of nitrogens with zero attached hydrogens (tertiary/aromatic N) is 1. The molecule has 0 bridgehead atoms. The largest absolute Gasteiger partial charge is 0.477 e. The Morgan fingerprint density at radius 3 is 2.76 bits per heavy atom. The molecule has 2 rings (SSSR count). The van der Waals surface area contributed by atoms with Crippen LogP contribution in [-0.4, -0.2) is 42.2 Å². The molecule has 0 atom stereocenters. The highest BCUT2D eigenvalue weighted by atomic mass is 32.1. The van der Waals surface area contributed by atoms with Crippen LogP contribution in [0.25, 0.3) is 10.1 Å². The first-order chi connectivity index (χ1) is 10.0. The van der Waals surface area contributed by atoms with Gasteiger partial charge in [0, 0.05) is 30.4 Å². The highest BCUT2D eigenvalue weighted by Gasteiger charge is 2.16. The van der Waals surface area contributed by atoms with Crippen molar-refractivity contribution in [1.29, 1.82) is 0 Å². The zero-order valence-corrected chi connectivity index (χ0v) is 13.5. The van der Waals surface area contributed by atoms with Crippen molar-refractivity contribution in [3.05, 3.63) is 34.7 Å². The molecule has 0 aliphatic heterocycles. The number of nitrogens with one attached hydrogen (secondary N) is 1. The molecule has 0 aliphatic carbocycles. The van der Waals surface area contributed by atoms with Crippen molar-refractivity contribution in [2.75, 3.05) is 20.1 Å². The smallest absolute Gasteiger partial charge is 0.346 e. The maximum Gasteiger partial charge on any atom is 0.346 e. The molecule has 0 saturated carbocycles. The lowest BCUT2D eigenvalue weighted by molar-refractivity contribution is 0.0701. The molecule has 1 aromatic heterocycles. The van der Waals surface area contributed by atoms with Crippen molar-refractivity contribution in [2.45, 2.75) is 26.4 Å². The number of likely N-dealkylation sites (N-methyl/N-ethyl adjacent to an activating group) is 1. The van der Waals surface area contributed by atoms with E-state index >= 15 is 0 Å². The second-order valence-electron chi connectivity index (χ2n) is 5.46. The summed E-state index contributed by atoms with van der Waals surface area (Å²) in [5.41, 5.74) is 0.898. The Kier molecular flexibility index (Phi) is 5.33. The third-order valence-corrected chi connectivity index (χ3v) is 4.92. The zero-order chi connectivity index (χ0) is 15.4. The third kappa shape index (κ3) is 3.81. The van der Waals surface area contributed by atoms with Crippen LogP contribution in [0.2, 0.25) is 0 Å². The quantitative estimate of drug-likeness (QED) is 0.772. The lowest BCUT2D eigenvalue weighted by Gasteiger charge is -2.20. The Balaban J connectivity index is 2.07. The van der Waals surface area contributed by atoms with Crippen molar-refractivity contribution in [2.24, 2.45) is 0 Å². The number of aromatic carboxylic acids is 1. The first kappa shape index (κ1) is 15.9. The first-order valence-corrected chi connectivity index (χ1v) is 7.97. The number of hydrogen-bond donors (Lipinski definition) is 2. The van der Waals surface area contributed by atoms with E-state index < -0.39 is 5.97 Å². The minimum Gasteiger partial charge on any atom is -0.477 e. The van der Waals surface area contributed by atoms with Gasteiger partial charge in [0.2, 0.25) is 0 Å². The summed E-state index contributed by atoms with van der Waals surface area (Å²) >= 11 is 1.35. The minimum atomic E-state index is -0.840. The second kappa shape index (κ2) is 7.02. The van der Waals surface area contributed by atoms with Gasteiger partial charge in [0.05, 0.1) is 0 Å². The maximum absolute atomic E-state index is 11.4. The molecule has 1 aromatic carbocycles. The second-order valence-corrected chi connectivity index (χ2v) is 6.51. The average molecular weight is 306 g/mol. The lowest BCUT2D eigenvalue weighted by atomic mass is 10.1. The topological polar surface area (TPSA) is 52.6 Å². The fourth-order valence-corrected chi connectivity index (χ4v) is 3.23. The number of rotatable bonds is 7. The molecule has 0 unspecified atom stereocenters. The number of carbonyl (C=O) groups is 1. The van der Waals surface area contributed by atoms with Gasteiger partial charge in [-0.15, -0.1) is 11.3 Å². The van der Waals surface area contributed by atoms with Crippen LogP contribution < -0.4 is 5.32 Å². The Labute approximate surface area is 129 Å². The van der Waals surface area contributed by atoms with Gasteiger partial charge in [0.15, 0.2) is 0 Å². The van der Waals surface area contributed by atoms with Crippen LogP contribution >= 0.6 is 11.3 Å². The lowest BCUT2D eigenvalue weighted by Crippen LogP contribution is -2.33. The van der Waals surface area contributed by atoms with Crippen LogP contribution in [0.1, 0.15) is 29.1 Å². The Hall–Kier alpha value is -1.43. The molecule has 5 heteroatoms. The fourth-order valence-electron chi connectivity index (χ4n) is 2.17. The molecule has 4 nitrogen and oxygen atoms in total. The van der Waals surface area contributed by atoms with Gasteiger partial charge in [-0.1, -0.05) is 18.2 Å². The monoisotopic (exact) mass is 306 g/mol. The summed E-state index contributed by atoms with van der Waals surface area (Å²) in [4.78, 5) is 14.1. The van der Waals surface area contributed by atoms with Crippen molar-refractivity contribution < 1.29 is 9.90 Å². The van der Waals surface area contributed by atoms with Gasteiger partial charge in [-0.3, -0.25) is 0 Å². The summed E-state index contributed by atoms with van der Waals surface area (Å²) in [6.45, 7) is 6.71. The molecular formula is C16H22N2O2S. The number of fused-ring (bicyclic) bond motifs is 1. The van der Waals surface area contributed by atoms with Gasteiger partial charge >= 0.3 is 5.97 Å². The van der Waals surface area contributed by atoms with E-state index in [0.29, 0.717) is 17.5 Å². The number of carboxylic acids is 1. The van der Waals surface area contributed by atoms with Crippen LogP contribution in [0.4, 0.5) is 0 Å². The molecule has 21 heavy (non-hydrogen) atoms. The van der Waals surface area contributed by atoms with Crippen molar-refractivity contribution in [3.8, 4) is 0 Å². The molecule has 114 valence electrons. The molecule has 0 saturated heterocycles. The van der Waals surface area contributed by atoms with Crippen molar-refractivity contribution in [3.63, 3.8) is 0 Å². The van der Waals surface area contributed by atoms with E-state index in [-0.39, 0.29) is 0 Å². The van der Waals surface area contributed by atoms with Crippen LogP contribution in [0.3, 0.4) is 0 Å². The average Bonchev–Trinajstić information content (AvgIpc) is 2.82. The zero-order valence-electron chi connectivity index (χ0n) is 12.7. The normalized spacial score (nSPS) is 11.7. The summed E-state index contributed by atoms with van der Waals surface area (Å²) in [5.74, 6) is -0.840. The highest BCUT2D eigenvalue weighted by Crippen LogP contribution is 2.31. The Morgan fingerprint density at radius 2 is 2.10 bits per heavy atom. The summed E-state index contributed by atoms with van der Waals surface area (Å²) in [7, 11) is 2.09. The van der Waals surface area contributed by atoms with Gasteiger partial charge in [0.25, 0.3) is 0 Å². The van der Waals surface area contributed by atoms with Crippen LogP contribution in [0, 0.1) is 0 Å². The van der Waals surface area contributed by atoms with Crippen LogP contribution in [0.5, 0.6) is 0 Å². The Bertz CT molecular complexity index is 622. The van der Waals surface area contributed by atoms with Crippen molar-refractivity contribution >= 4 is 27.4 Å². The predicted octanol–water partition coefficient (Wildman–Crippen LogP) is 3.03. The van der Waals surface area contributed by atoms with E-state index in [0.717, 1.165) is 28.7 Å². The molecule has 2 aromatic rings. The minimum absolute atomic E-state index is 0.445. The van der Waals surface area contributed by atoms with Gasteiger partial charge < -0.3 is 15.3 Å². The van der Waals surface area contributed by atoms with E-state index in [1.165, 1.54) is 11.3 Å². The molecule has 0 fully saturated rings. The number of carboxylic acid groups (broad SMARTS) is 1. The van der Waals surface area contributed by atoms with E-state index in [1.54, 1.807) is 0 Å². The van der Waals surface area contributed by atoms with Crippen molar-refractivity contribution in [1.82, 2.24) is 10.2 Å². The van der Waals surface area contributed by atoms with Gasteiger partial charge in [-0.05, 0) is 37.9 Å². The molecular weight excluding hydrogens is 284 g/mol. The Morgan fingerprint density at radius 1 is 1.38 bits per heavy atom. The number of benzene rings is 1. The molecule has 0 radical (unpaired) electrons. The molecule has 0 aliphatic rings. The molecule has 2 N–H and O–H groups in total.